The van der Waals surface area contributed by atoms with Crippen LogP contribution >= 0.6 is 0 Å². The van der Waals surface area contributed by atoms with Crippen LogP contribution in [0, 0.1) is 5.92 Å². The Labute approximate surface area is 184 Å². The normalized spacial score (nSPS) is 17.9. The molecule has 1 aromatic carbocycles. The molecule has 4 rings (SSSR count). The van der Waals surface area contributed by atoms with Gasteiger partial charge < -0.3 is 29.4 Å². The molecular weight excluding hydrogens is 392 g/mol. The molecule has 3 heterocycles. The molecular formula is C24H34N4O3. The van der Waals surface area contributed by atoms with E-state index in [4.69, 9.17) is 18.9 Å². The van der Waals surface area contributed by atoms with E-state index in [1.807, 2.05) is 30.3 Å². The van der Waals surface area contributed by atoms with Crippen LogP contribution in [-0.2, 0) is 6.42 Å². The Balaban J connectivity index is 1.36. The fourth-order valence-electron chi connectivity index (χ4n) is 3.99. The van der Waals surface area contributed by atoms with Gasteiger partial charge in [0.15, 0.2) is 17.5 Å². The Morgan fingerprint density at radius 3 is 2.77 bits per heavy atom. The van der Waals surface area contributed by atoms with Crippen molar-refractivity contribution in [3.63, 3.8) is 0 Å². The topological polar surface area (TPSA) is 71.3 Å². The highest BCUT2D eigenvalue weighted by molar-refractivity contribution is 5.94. The molecule has 1 saturated heterocycles. The van der Waals surface area contributed by atoms with Crippen molar-refractivity contribution in [3.8, 4) is 11.5 Å². The third-order valence-electron chi connectivity index (χ3n) is 5.90. The van der Waals surface area contributed by atoms with Crippen LogP contribution in [-0.4, -0.2) is 57.3 Å². The summed E-state index contributed by atoms with van der Waals surface area (Å²) in [6, 6.07) is 9.87. The minimum atomic E-state index is 0.676. The van der Waals surface area contributed by atoms with Gasteiger partial charge in [0.1, 0.15) is 5.76 Å². The maximum atomic E-state index is 5.83. The second-order valence-electron chi connectivity index (χ2n) is 8.36. The molecule has 0 unspecified atom stereocenters. The summed E-state index contributed by atoms with van der Waals surface area (Å²) >= 11 is 0. The van der Waals surface area contributed by atoms with E-state index < -0.39 is 0 Å². The van der Waals surface area contributed by atoms with Gasteiger partial charge in [0.2, 0.25) is 0 Å². The predicted molar refractivity (Wildman–Crippen MR) is 123 cm³/mol. The largest absolute Gasteiger partial charge is 0.490 e. The van der Waals surface area contributed by atoms with E-state index in [1.165, 1.54) is 25.9 Å². The molecule has 7 heteroatoms. The van der Waals surface area contributed by atoms with E-state index in [2.05, 4.69) is 22.6 Å². The van der Waals surface area contributed by atoms with Gasteiger partial charge in [-0.15, -0.1) is 0 Å². The van der Waals surface area contributed by atoms with Crippen molar-refractivity contribution in [3.05, 3.63) is 42.4 Å². The van der Waals surface area contributed by atoms with Crippen LogP contribution in [0.25, 0.3) is 0 Å². The van der Waals surface area contributed by atoms with Crippen LogP contribution < -0.4 is 20.1 Å². The third kappa shape index (κ3) is 6.66. The summed E-state index contributed by atoms with van der Waals surface area (Å²) in [5.74, 6) is 4.10. The van der Waals surface area contributed by atoms with Crippen molar-refractivity contribution in [2.24, 2.45) is 10.9 Å². The van der Waals surface area contributed by atoms with Crippen molar-refractivity contribution in [1.82, 2.24) is 10.2 Å². The number of nitrogens with zero attached hydrogens (tertiary/aromatic N) is 2. The second kappa shape index (κ2) is 11.1. The molecule has 2 aliphatic rings. The predicted octanol–water partition coefficient (Wildman–Crippen LogP) is 3.77. The van der Waals surface area contributed by atoms with Crippen molar-refractivity contribution in [2.75, 3.05) is 51.8 Å². The molecule has 7 nitrogen and oxygen atoms in total. The molecule has 1 aromatic heterocycles. The summed E-state index contributed by atoms with van der Waals surface area (Å²) in [5.41, 5.74) is 0.938. The molecule has 31 heavy (non-hydrogen) atoms. The summed E-state index contributed by atoms with van der Waals surface area (Å²) in [5, 5.41) is 6.88. The summed E-state index contributed by atoms with van der Waals surface area (Å²) in [7, 11) is 2.20. The molecule has 0 bridgehead atoms. The summed E-state index contributed by atoms with van der Waals surface area (Å²) in [6.45, 7) is 5.32. The van der Waals surface area contributed by atoms with E-state index in [0.717, 1.165) is 67.2 Å². The van der Waals surface area contributed by atoms with Gasteiger partial charge in [-0.3, -0.25) is 4.99 Å². The average molecular weight is 427 g/mol. The van der Waals surface area contributed by atoms with E-state index in [1.54, 1.807) is 6.26 Å². The standard InChI is InChI=1S/C24H34N4O3/c1-28-13-9-19(10-14-28)7-11-25-24(26-12-8-21-4-2-15-29-21)27-20-5-6-22-23(18-20)31-17-3-16-30-22/h2,4-6,15,18-19H,3,7-14,16-17H2,1H3,(H2,25,26,27). The Morgan fingerprint density at radius 2 is 1.97 bits per heavy atom. The van der Waals surface area contributed by atoms with Gasteiger partial charge in [0, 0.05) is 37.7 Å². The van der Waals surface area contributed by atoms with Crippen LogP contribution in [0.2, 0.25) is 0 Å². The Bertz CT molecular complexity index is 829. The number of hydrogen-bond acceptors (Lipinski definition) is 5. The highest BCUT2D eigenvalue weighted by Crippen LogP contribution is 2.32. The minimum Gasteiger partial charge on any atom is -0.490 e. The number of anilines is 1. The zero-order valence-corrected chi connectivity index (χ0v) is 18.4. The zero-order valence-electron chi connectivity index (χ0n) is 18.4. The summed E-state index contributed by atoms with van der Waals surface area (Å²) < 4.78 is 17.0. The first-order valence-corrected chi connectivity index (χ1v) is 11.4. The fraction of sp³-hybridized carbons (Fsp3) is 0.542. The smallest absolute Gasteiger partial charge is 0.195 e. The summed E-state index contributed by atoms with van der Waals surface area (Å²) in [6.07, 6.45) is 7.08. The molecule has 1 fully saturated rings. The van der Waals surface area contributed by atoms with Crippen molar-refractivity contribution < 1.29 is 13.9 Å². The SMILES string of the molecule is CN1CCC(CCN=C(NCCc2ccco2)Nc2ccc3c(c2)OCCCO3)CC1. The number of piperidine rings is 1. The van der Waals surface area contributed by atoms with Crippen molar-refractivity contribution >= 4 is 11.6 Å². The van der Waals surface area contributed by atoms with Gasteiger partial charge in [-0.05, 0) is 69.6 Å². The molecule has 2 aromatic rings. The molecule has 0 aliphatic carbocycles. The van der Waals surface area contributed by atoms with Crippen LogP contribution in [0.3, 0.4) is 0 Å². The first kappa shape index (κ1) is 21.6. The third-order valence-corrected chi connectivity index (χ3v) is 5.90. The van der Waals surface area contributed by atoms with E-state index >= 15 is 0 Å². The second-order valence-corrected chi connectivity index (χ2v) is 8.36. The van der Waals surface area contributed by atoms with Crippen LogP contribution in [0.4, 0.5) is 5.69 Å². The van der Waals surface area contributed by atoms with Gasteiger partial charge in [-0.25, -0.2) is 0 Å². The van der Waals surface area contributed by atoms with Gasteiger partial charge in [-0.1, -0.05) is 0 Å². The molecule has 168 valence electrons. The number of benzene rings is 1. The lowest BCUT2D eigenvalue weighted by Crippen LogP contribution is -2.33. The fourth-order valence-corrected chi connectivity index (χ4v) is 3.99. The summed E-state index contributed by atoms with van der Waals surface area (Å²) in [4.78, 5) is 7.27. The van der Waals surface area contributed by atoms with Gasteiger partial charge in [0.25, 0.3) is 0 Å². The first-order valence-electron chi connectivity index (χ1n) is 11.4. The molecule has 0 atom stereocenters. The lowest BCUT2D eigenvalue weighted by Gasteiger charge is -2.28. The number of nitrogens with one attached hydrogen (secondary N) is 2. The highest BCUT2D eigenvalue weighted by Gasteiger charge is 2.16. The number of ether oxygens (including phenoxy) is 2. The Hall–Kier alpha value is -2.67. The monoisotopic (exact) mass is 426 g/mol. The number of hydrogen-bond donors (Lipinski definition) is 2. The zero-order chi connectivity index (χ0) is 21.3. The molecule has 0 amide bonds. The minimum absolute atomic E-state index is 0.676. The molecule has 0 saturated carbocycles. The van der Waals surface area contributed by atoms with E-state index in [-0.39, 0.29) is 0 Å². The van der Waals surface area contributed by atoms with Gasteiger partial charge in [-0.2, -0.15) is 0 Å². The average Bonchev–Trinajstić information content (AvgIpc) is 3.18. The van der Waals surface area contributed by atoms with E-state index in [9.17, 15) is 0 Å². The number of aliphatic imine (C=N–C) groups is 1. The van der Waals surface area contributed by atoms with E-state index in [0.29, 0.717) is 13.2 Å². The van der Waals surface area contributed by atoms with Crippen molar-refractivity contribution in [2.45, 2.75) is 32.1 Å². The van der Waals surface area contributed by atoms with Crippen LogP contribution in [0.1, 0.15) is 31.4 Å². The number of fused-ring (bicyclic) bond motifs is 1. The molecule has 0 spiro atoms. The molecule has 2 aliphatic heterocycles. The lowest BCUT2D eigenvalue weighted by molar-refractivity contribution is 0.214. The highest BCUT2D eigenvalue weighted by atomic mass is 16.5. The lowest BCUT2D eigenvalue weighted by atomic mass is 9.94. The van der Waals surface area contributed by atoms with Gasteiger partial charge in [0.05, 0.1) is 19.5 Å². The maximum absolute atomic E-state index is 5.83. The first-order chi connectivity index (χ1) is 15.3. The van der Waals surface area contributed by atoms with Gasteiger partial charge >= 0.3 is 0 Å². The Morgan fingerprint density at radius 1 is 1.13 bits per heavy atom. The van der Waals surface area contributed by atoms with Crippen LogP contribution in [0.5, 0.6) is 11.5 Å². The number of likely N-dealkylation sites (tertiary alicyclic amines) is 1. The molecule has 2 N–H and O–H groups in total. The number of furan rings is 1. The quantitative estimate of drug-likeness (QED) is 0.519. The molecule has 0 radical (unpaired) electrons. The number of rotatable bonds is 7. The van der Waals surface area contributed by atoms with Crippen LogP contribution in [0.15, 0.2) is 46.0 Å². The maximum Gasteiger partial charge on any atom is 0.195 e. The Kier molecular flexibility index (Phi) is 7.71. The number of guanidine groups is 1. The van der Waals surface area contributed by atoms with Crippen molar-refractivity contribution in [1.29, 1.82) is 0 Å².